The summed E-state index contributed by atoms with van der Waals surface area (Å²) in [7, 11) is 0. The standard InChI is InChI=1S/C14H18N2/c1-11-9-13(15)7-8-14(11,16)10-12-5-3-2-4-6-12/h2-9,11H,10,15-16H2,1H3. The van der Waals surface area contributed by atoms with Gasteiger partial charge in [0.1, 0.15) is 0 Å². The summed E-state index contributed by atoms with van der Waals surface area (Å²) < 4.78 is 0. The van der Waals surface area contributed by atoms with Gasteiger partial charge in [-0.1, -0.05) is 49.4 Å². The van der Waals surface area contributed by atoms with Gasteiger partial charge in [-0.05, 0) is 24.0 Å². The minimum absolute atomic E-state index is 0.262. The van der Waals surface area contributed by atoms with E-state index in [1.165, 1.54) is 5.56 Å². The zero-order chi connectivity index (χ0) is 11.6. The maximum Gasteiger partial charge on any atom is 0.0445 e. The first-order valence-electron chi connectivity index (χ1n) is 5.59. The van der Waals surface area contributed by atoms with Gasteiger partial charge in [-0.15, -0.1) is 0 Å². The molecule has 0 fully saturated rings. The quantitative estimate of drug-likeness (QED) is 0.791. The average molecular weight is 214 g/mol. The van der Waals surface area contributed by atoms with Crippen LogP contribution in [0.4, 0.5) is 0 Å². The zero-order valence-corrected chi connectivity index (χ0v) is 9.56. The number of allylic oxidation sites excluding steroid dienone is 1. The Morgan fingerprint density at radius 3 is 2.56 bits per heavy atom. The normalized spacial score (nSPS) is 28.9. The van der Waals surface area contributed by atoms with Crippen LogP contribution in [0.3, 0.4) is 0 Å². The fourth-order valence-corrected chi connectivity index (χ4v) is 2.07. The summed E-state index contributed by atoms with van der Waals surface area (Å²) in [5.74, 6) is 0.262. The largest absolute Gasteiger partial charge is 0.399 e. The topological polar surface area (TPSA) is 52.0 Å². The van der Waals surface area contributed by atoms with E-state index in [-0.39, 0.29) is 11.5 Å². The second kappa shape index (κ2) is 4.14. The summed E-state index contributed by atoms with van der Waals surface area (Å²) in [5.41, 5.74) is 13.9. The smallest absolute Gasteiger partial charge is 0.0445 e. The monoisotopic (exact) mass is 214 g/mol. The predicted octanol–water partition coefficient (Wildman–Crippen LogP) is 1.98. The summed E-state index contributed by atoms with van der Waals surface area (Å²) in [6.07, 6.45) is 6.81. The molecule has 2 unspecified atom stereocenters. The van der Waals surface area contributed by atoms with Crippen LogP contribution in [0.2, 0.25) is 0 Å². The van der Waals surface area contributed by atoms with Crippen LogP contribution in [-0.4, -0.2) is 5.54 Å². The van der Waals surface area contributed by atoms with Gasteiger partial charge in [-0.25, -0.2) is 0 Å². The molecule has 1 aliphatic carbocycles. The summed E-state index contributed by atoms with van der Waals surface area (Å²) in [5, 5.41) is 0. The van der Waals surface area contributed by atoms with Crippen LogP contribution in [0.1, 0.15) is 12.5 Å². The molecule has 2 rings (SSSR count). The molecule has 0 bridgehead atoms. The molecule has 2 nitrogen and oxygen atoms in total. The highest BCUT2D eigenvalue weighted by atomic mass is 14.8. The van der Waals surface area contributed by atoms with Gasteiger partial charge in [0.05, 0.1) is 0 Å². The minimum atomic E-state index is -0.315. The number of hydrogen-bond acceptors (Lipinski definition) is 2. The van der Waals surface area contributed by atoms with E-state index in [9.17, 15) is 0 Å². The Balaban J connectivity index is 2.19. The second-order valence-electron chi connectivity index (χ2n) is 4.56. The van der Waals surface area contributed by atoms with Crippen molar-refractivity contribution in [1.82, 2.24) is 0 Å². The van der Waals surface area contributed by atoms with E-state index in [0.717, 1.165) is 12.1 Å². The maximum atomic E-state index is 6.41. The molecule has 1 aromatic rings. The highest BCUT2D eigenvalue weighted by Crippen LogP contribution is 2.26. The van der Waals surface area contributed by atoms with E-state index >= 15 is 0 Å². The van der Waals surface area contributed by atoms with Crippen LogP contribution in [0.25, 0.3) is 0 Å². The predicted molar refractivity (Wildman–Crippen MR) is 67.6 cm³/mol. The van der Waals surface area contributed by atoms with E-state index in [1.807, 2.05) is 36.4 Å². The Morgan fingerprint density at radius 1 is 1.25 bits per heavy atom. The molecule has 0 heterocycles. The van der Waals surface area contributed by atoms with Gasteiger partial charge in [-0.3, -0.25) is 0 Å². The second-order valence-corrected chi connectivity index (χ2v) is 4.56. The van der Waals surface area contributed by atoms with Gasteiger partial charge in [-0.2, -0.15) is 0 Å². The molecule has 2 atom stereocenters. The Kier molecular flexibility index (Phi) is 2.84. The lowest BCUT2D eigenvalue weighted by Crippen LogP contribution is -2.47. The number of benzene rings is 1. The fraction of sp³-hybridized carbons (Fsp3) is 0.286. The van der Waals surface area contributed by atoms with Crippen molar-refractivity contribution in [2.75, 3.05) is 0 Å². The minimum Gasteiger partial charge on any atom is -0.399 e. The van der Waals surface area contributed by atoms with Crippen LogP contribution in [0.5, 0.6) is 0 Å². The molecule has 0 aromatic heterocycles. The molecule has 16 heavy (non-hydrogen) atoms. The van der Waals surface area contributed by atoms with Crippen molar-refractivity contribution in [3.8, 4) is 0 Å². The van der Waals surface area contributed by atoms with E-state index < -0.39 is 0 Å². The highest BCUT2D eigenvalue weighted by Gasteiger charge is 2.30. The Bertz CT molecular complexity index is 420. The molecule has 0 radical (unpaired) electrons. The number of hydrogen-bond donors (Lipinski definition) is 2. The van der Waals surface area contributed by atoms with Crippen LogP contribution in [-0.2, 0) is 6.42 Å². The molecular weight excluding hydrogens is 196 g/mol. The fourth-order valence-electron chi connectivity index (χ4n) is 2.07. The summed E-state index contributed by atoms with van der Waals surface area (Å²) in [6.45, 7) is 2.11. The van der Waals surface area contributed by atoms with Crippen LogP contribution in [0.15, 0.2) is 54.3 Å². The lowest BCUT2D eigenvalue weighted by atomic mass is 9.77. The molecule has 1 aliphatic rings. The molecule has 2 heteroatoms. The van der Waals surface area contributed by atoms with E-state index in [2.05, 4.69) is 19.1 Å². The van der Waals surface area contributed by atoms with E-state index in [0.29, 0.717) is 0 Å². The molecule has 0 aliphatic heterocycles. The van der Waals surface area contributed by atoms with Gasteiger partial charge < -0.3 is 11.5 Å². The van der Waals surface area contributed by atoms with Crippen LogP contribution < -0.4 is 11.5 Å². The van der Waals surface area contributed by atoms with Crippen molar-refractivity contribution in [2.45, 2.75) is 18.9 Å². The lowest BCUT2D eigenvalue weighted by Gasteiger charge is -2.33. The van der Waals surface area contributed by atoms with Crippen molar-refractivity contribution < 1.29 is 0 Å². The average Bonchev–Trinajstić information content (AvgIpc) is 2.26. The first-order valence-corrected chi connectivity index (χ1v) is 5.59. The SMILES string of the molecule is CC1C=C(N)C=CC1(N)Cc1ccccc1. The van der Waals surface area contributed by atoms with Gasteiger partial charge in [0, 0.05) is 11.2 Å². The molecular formula is C14H18N2. The third-order valence-electron chi connectivity index (χ3n) is 3.23. The van der Waals surface area contributed by atoms with Crippen molar-refractivity contribution in [3.63, 3.8) is 0 Å². The lowest BCUT2D eigenvalue weighted by molar-refractivity contribution is 0.411. The van der Waals surface area contributed by atoms with E-state index in [4.69, 9.17) is 11.5 Å². The molecule has 0 spiro atoms. The molecule has 0 saturated carbocycles. The van der Waals surface area contributed by atoms with Crippen molar-refractivity contribution in [3.05, 3.63) is 59.8 Å². The number of nitrogens with two attached hydrogens (primary N) is 2. The first-order chi connectivity index (χ1) is 7.60. The van der Waals surface area contributed by atoms with E-state index in [1.54, 1.807) is 0 Å². The molecule has 4 N–H and O–H groups in total. The number of rotatable bonds is 2. The third-order valence-corrected chi connectivity index (χ3v) is 3.23. The van der Waals surface area contributed by atoms with Crippen molar-refractivity contribution >= 4 is 0 Å². The Morgan fingerprint density at radius 2 is 1.94 bits per heavy atom. The third kappa shape index (κ3) is 2.17. The first kappa shape index (κ1) is 11.0. The van der Waals surface area contributed by atoms with Gasteiger partial charge in [0.2, 0.25) is 0 Å². The van der Waals surface area contributed by atoms with Gasteiger partial charge >= 0.3 is 0 Å². The van der Waals surface area contributed by atoms with Crippen molar-refractivity contribution in [2.24, 2.45) is 17.4 Å². The Labute approximate surface area is 96.6 Å². The van der Waals surface area contributed by atoms with Gasteiger partial charge in [0.25, 0.3) is 0 Å². The van der Waals surface area contributed by atoms with Crippen molar-refractivity contribution in [1.29, 1.82) is 0 Å². The van der Waals surface area contributed by atoms with Gasteiger partial charge in [0.15, 0.2) is 0 Å². The summed E-state index contributed by atoms with van der Waals surface area (Å²) in [4.78, 5) is 0. The maximum absolute atomic E-state index is 6.41. The highest BCUT2D eigenvalue weighted by molar-refractivity contribution is 5.32. The van der Waals surface area contributed by atoms with Crippen LogP contribution in [0, 0.1) is 5.92 Å². The summed E-state index contributed by atoms with van der Waals surface area (Å²) >= 11 is 0. The zero-order valence-electron chi connectivity index (χ0n) is 9.56. The molecule has 84 valence electrons. The van der Waals surface area contributed by atoms with Crippen LogP contribution >= 0.6 is 0 Å². The molecule has 1 aromatic carbocycles. The molecule has 0 amide bonds. The molecule has 0 saturated heterocycles. The summed E-state index contributed by atoms with van der Waals surface area (Å²) in [6, 6.07) is 10.3. The Hall–Kier alpha value is -1.54.